The number of rotatable bonds is 6. The molecule has 0 aliphatic rings. The number of carbonyl (C=O) groups excluding carboxylic acids is 1. The van der Waals surface area contributed by atoms with Crippen LogP contribution in [0.2, 0.25) is 0 Å². The Bertz CT molecular complexity index is 394. The Balaban J connectivity index is 2.89. The average Bonchev–Trinajstić information content (AvgIpc) is 2.70. The maximum Gasteiger partial charge on any atom is 0.361 e. The molecule has 1 aromatic heterocycles. The molecule has 0 fully saturated rings. The van der Waals surface area contributed by atoms with Crippen molar-refractivity contribution in [2.75, 3.05) is 6.61 Å². The molecular formula is C12H19N3O2. The van der Waals surface area contributed by atoms with Crippen LogP contribution >= 0.6 is 0 Å². The van der Waals surface area contributed by atoms with Crippen molar-refractivity contribution in [3.8, 4) is 0 Å². The van der Waals surface area contributed by atoms with E-state index in [1.165, 1.54) is 6.08 Å². The molecule has 0 aliphatic heterocycles. The van der Waals surface area contributed by atoms with Crippen LogP contribution in [0.5, 0.6) is 0 Å². The summed E-state index contributed by atoms with van der Waals surface area (Å²) in [5.41, 5.74) is 1.05. The van der Waals surface area contributed by atoms with Crippen molar-refractivity contribution >= 4 is 5.97 Å². The molecule has 5 heteroatoms. The van der Waals surface area contributed by atoms with E-state index in [2.05, 4.69) is 30.7 Å². The van der Waals surface area contributed by atoms with Gasteiger partial charge in [-0.05, 0) is 19.8 Å². The van der Waals surface area contributed by atoms with Crippen molar-refractivity contribution < 1.29 is 9.53 Å². The smallest absolute Gasteiger partial charge is 0.361 e. The SMILES string of the molecule is C=CCOC(=O)c1nnn(C(CC)CC)c1C. The van der Waals surface area contributed by atoms with E-state index in [4.69, 9.17) is 4.74 Å². The van der Waals surface area contributed by atoms with Crippen molar-refractivity contribution in [1.82, 2.24) is 15.0 Å². The van der Waals surface area contributed by atoms with E-state index >= 15 is 0 Å². The molecule has 0 amide bonds. The van der Waals surface area contributed by atoms with Gasteiger partial charge < -0.3 is 4.74 Å². The van der Waals surface area contributed by atoms with Crippen LogP contribution in [-0.4, -0.2) is 27.6 Å². The third kappa shape index (κ3) is 2.93. The molecule has 0 atom stereocenters. The number of nitrogens with zero attached hydrogens (tertiary/aromatic N) is 3. The summed E-state index contributed by atoms with van der Waals surface area (Å²) in [6, 6.07) is 0.281. The second-order valence-electron chi connectivity index (χ2n) is 3.83. The van der Waals surface area contributed by atoms with Gasteiger partial charge in [-0.2, -0.15) is 0 Å². The van der Waals surface area contributed by atoms with Gasteiger partial charge in [-0.3, -0.25) is 0 Å². The average molecular weight is 237 g/mol. The molecular weight excluding hydrogens is 218 g/mol. The fraction of sp³-hybridized carbons (Fsp3) is 0.583. The lowest BCUT2D eigenvalue weighted by Gasteiger charge is -2.13. The largest absolute Gasteiger partial charge is 0.457 e. The Morgan fingerprint density at radius 3 is 2.71 bits per heavy atom. The summed E-state index contributed by atoms with van der Waals surface area (Å²) >= 11 is 0. The highest BCUT2D eigenvalue weighted by Crippen LogP contribution is 2.18. The minimum Gasteiger partial charge on any atom is -0.457 e. The molecule has 1 heterocycles. The van der Waals surface area contributed by atoms with Gasteiger partial charge in [-0.15, -0.1) is 5.10 Å². The van der Waals surface area contributed by atoms with Gasteiger partial charge in [0.25, 0.3) is 0 Å². The summed E-state index contributed by atoms with van der Waals surface area (Å²) in [6.07, 6.45) is 3.45. The Labute approximate surface area is 101 Å². The number of hydrogen-bond donors (Lipinski definition) is 0. The summed E-state index contributed by atoms with van der Waals surface area (Å²) in [5.74, 6) is -0.445. The highest BCUT2D eigenvalue weighted by atomic mass is 16.5. The lowest BCUT2D eigenvalue weighted by Crippen LogP contribution is -2.12. The molecule has 0 unspecified atom stereocenters. The maximum absolute atomic E-state index is 11.7. The predicted octanol–water partition coefficient (Wildman–Crippen LogP) is 2.29. The molecule has 5 nitrogen and oxygen atoms in total. The van der Waals surface area contributed by atoms with Crippen molar-refractivity contribution in [3.63, 3.8) is 0 Å². The van der Waals surface area contributed by atoms with Crippen LogP contribution in [0.4, 0.5) is 0 Å². The van der Waals surface area contributed by atoms with Gasteiger partial charge in [0.15, 0.2) is 5.69 Å². The first-order valence-corrected chi connectivity index (χ1v) is 5.85. The van der Waals surface area contributed by atoms with Crippen molar-refractivity contribution in [1.29, 1.82) is 0 Å². The van der Waals surface area contributed by atoms with Crippen LogP contribution in [0.3, 0.4) is 0 Å². The first kappa shape index (κ1) is 13.4. The fourth-order valence-electron chi connectivity index (χ4n) is 1.71. The topological polar surface area (TPSA) is 57.0 Å². The summed E-state index contributed by atoms with van der Waals surface area (Å²) < 4.78 is 6.74. The molecule has 0 saturated heterocycles. The number of esters is 1. The van der Waals surface area contributed by atoms with E-state index in [0.29, 0.717) is 5.69 Å². The molecule has 0 saturated carbocycles. The van der Waals surface area contributed by atoms with Crippen LogP contribution < -0.4 is 0 Å². The maximum atomic E-state index is 11.7. The van der Waals surface area contributed by atoms with Crippen LogP contribution in [0.1, 0.15) is 48.9 Å². The van der Waals surface area contributed by atoms with Gasteiger partial charge in [0, 0.05) is 0 Å². The Kier molecular flexibility index (Phi) is 4.87. The second kappa shape index (κ2) is 6.18. The third-order valence-corrected chi connectivity index (χ3v) is 2.74. The molecule has 1 aromatic rings. The summed E-state index contributed by atoms with van der Waals surface area (Å²) in [7, 11) is 0. The third-order valence-electron chi connectivity index (χ3n) is 2.74. The molecule has 17 heavy (non-hydrogen) atoms. The molecule has 0 spiro atoms. The quantitative estimate of drug-likeness (QED) is 0.562. The zero-order chi connectivity index (χ0) is 12.8. The van der Waals surface area contributed by atoms with Crippen LogP contribution in [0, 0.1) is 6.92 Å². The van der Waals surface area contributed by atoms with Crippen LogP contribution in [0.25, 0.3) is 0 Å². The molecule has 0 radical (unpaired) electrons. The predicted molar refractivity (Wildman–Crippen MR) is 64.9 cm³/mol. The Hall–Kier alpha value is -1.65. The van der Waals surface area contributed by atoms with Gasteiger partial charge in [0.1, 0.15) is 6.61 Å². The fourth-order valence-corrected chi connectivity index (χ4v) is 1.71. The van der Waals surface area contributed by atoms with Gasteiger partial charge in [-0.25, -0.2) is 9.48 Å². The lowest BCUT2D eigenvalue weighted by molar-refractivity contribution is 0.0542. The summed E-state index contributed by atoms with van der Waals surface area (Å²) in [6.45, 7) is 9.69. The first-order chi connectivity index (χ1) is 8.15. The second-order valence-corrected chi connectivity index (χ2v) is 3.83. The van der Waals surface area contributed by atoms with E-state index in [1.807, 2.05) is 6.92 Å². The van der Waals surface area contributed by atoms with E-state index in [9.17, 15) is 4.79 Å². The van der Waals surface area contributed by atoms with E-state index < -0.39 is 5.97 Å². The van der Waals surface area contributed by atoms with Gasteiger partial charge in [0.05, 0.1) is 11.7 Å². The van der Waals surface area contributed by atoms with Gasteiger partial charge in [0.2, 0.25) is 0 Å². The molecule has 0 aromatic carbocycles. The lowest BCUT2D eigenvalue weighted by atomic mass is 10.1. The van der Waals surface area contributed by atoms with Gasteiger partial charge in [-0.1, -0.05) is 31.7 Å². The number of ether oxygens (including phenoxy) is 1. The Morgan fingerprint density at radius 2 is 2.18 bits per heavy atom. The number of aromatic nitrogens is 3. The number of carbonyl (C=O) groups is 1. The molecule has 0 N–H and O–H groups in total. The first-order valence-electron chi connectivity index (χ1n) is 5.85. The number of hydrogen-bond acceptors (Lipinski definition) is 4. The zero-order valence-electron chi connectivity index (χ0n) is 10.6. The zero-order valence-corrected chi connectivity index (χ0v) is 10.6. The van der Waals surface area contributed by atoms with Crippen molar-refractivity contribution in [3.05, 3.63) is 24.0 Å². The normalized spacial score (nSPS) is 10.6. The highest BCUT2D eigenvalue weighted by molar-refractivity contribution is 5.88. The molecule has 0 aliphatic carbocycles. The van der Waals surface area contributed by atoms with Crippen LogP contribution in [-0.2, 0) is 4.74 Å². The Morgan fingerprint density at radius 1 is 1.53 bits per heavy atom. The van der Waals surface area contributed by atoms with E-state index in [0.717, 1.165) is 18.5 Å². The molecule has 0 bridgehead atoms. The monoisotopic (exact) mass is 237 g/mol. The minimum atomic E-state index is -0.445. The van der Waals surface area contributed by atoms with Crippen molar-refractivity contribution in [2.24, 2.45) is 0 Å². The summed E-state index contributed by atoms with van der Waals surface area (Å²) in [4.78, 5) is 11.7. The minimum absolute atomic E-state index is 0.191. The molecule has 94 valence electrons. The van der Waals surface area contributed by atoms with Crippen molar-refractivity contribution in [2.45, 2.75) is 39.7 Å². The highest BCUT2D eigenvalue weighted by Gasteiger charge is 2.20. The van der Waals surface area contributed by atoms with E-state index in [1.54, 1.807) is 4.68 Å². The molecule has 1 rings (SSSR count). The summed E-state index contributed by atoms with van der Waals surface area (Å²) in [5, 5.41) is 7.92. The van der Waals surface area contributed by atoms with Crippen LogP contribution in [0.15, 0.2) is 12.7 Å². The van der Waals surface area contributed by atoms with Gasteiger partial charge >= 0.3 is 5.97 Å². The standard InChI is InChI=1S/C12H19N3O2/c1-5-8-17-12(16)11-9(4)15(14-13-11)10(6-2)7-3/h5,10H,1,6-8H2,2-4H3. The van der Waals surface area contributed by atoms with E-state index in [-0.39, 0.29) is 12.6 Å².